The van der Waals surface area contributed by atoms with Crippen LogP contribution in [0.4, 0.5) is 0 Å². The topological polar surface area (TPSA) is 42.2 Å². The molecule has 0 saturated heterocycles. The first-order chi connectivity index (χ1) is 11.2. The van der Waals surface area contributed by atoms with Gasteiger partial charge < -0.3 is 9.73 Å². The van der Waals surface area contributed by atoms with E-state index in [1.807, 2.05) is 37.3 Å². The van der Waals surface area contributed by atoms with Gasteiger partial charge in [-0.05, 0) is 59.9 Å². The number of amides is 1. The molecule has 1 aliphatic rings. The van der Waals surface area contributed by atoms with Gasteiger partial charge in [0.1, 0.15) is 5.76 Å². The van der Waals surface area contributed by atoms with Crippen LogP contribution in [0.3, 0.4) is 0 Å². The summed E-state index contributed by atoms with van der Waals surface area (Å²) in [6.45, 7) is 1.92. The second kappa shape index (κ2) is 5.43. The second-order valence-corrected chi connectivity index (χ2v) is 5.92. The molecule has 1 heterocycles. The van der Waals surface area contributed by atoms with Crippen LogP contribution in [0.15, 0.2) is 65.3 Å². The number of hydrogen-bond donors (Lipinski definition) is 1. The Morgan fingerprint density at radius 1 is 1.04 bits per heavy atom. The van der Waals surface area contributed by atoms with Crippen molar-refractivity contribution in [3.63, 3.8) is 0 Å². The molecule has 3 aromatic rings. The van der Waals surface area contributed by atoms with Crippen LogP contribution >= 0.6 is 0 Å². The van der Waals surface area contributed by atoms with Gasteiger partial charge in [-0.2, -0.15) is 0 Å². The number of furan rings is 1. The molecular formula is C20H17NO2. The van der Waals surface area contributed by atoms with Crippen molar-refractivity contribution in [1.82, 2.24) is 5.32 Å². The fraction of sp³-hybridized carbons (Fsp3) is 0.150. The highest BCUT2D eigenvalue weighted by atomic mass is 16.3. The Labute approximate surface area is 135 Å². The molecule has 3 heteroatoms. The largest absolute Gasteiger partial charge is 0.467 e. The summed E-state index contributed by atoms with van der Waals surface area (Å²) in [5, 5.41) is 2.98. The van der Waals surface area contributed by atoms with E-state index in [1.165, 1.54) is 22.3 Å². The zero-order chi connectivity index (χ0) is 15.8. The third-order valence-electron chi connectivity index (χ3n) is 4.38. The van der Waals surface area contributed by atoms with Crippen LogP contribution in [-0.4, -0.2) is 5.91 Å². The highest BCUT2D eigenvalue weighted by molar-refractivity contribution is 5.96. The monoisotopic (exact) mass is 303 g/mol. The second-order valence-electron chi connectivity index (χ2n) is 5.92. The molecule has 23 heavy (non-hydrogen) atoms. The first-order valence-electron chi connectivity index (χ1n) is 7.78. The van der Waals surface area contributed by atoms with Crippen molar-refractivity contribution in [2.75, 3.05) is 0 Å². The number of carbonyl (C=O) groups excluding carboxylic acids is 1. The molecule has 0 fully saturated rings. The lowest BCUT2D eigenvalue weighted by atomic mass is 10.0. The highest BCUT2D eigenvalue weighted by Gasteiger charge is 2.20. The van der Waals surface area contributed by atoms with Gasteiger partial charge in [-0.3, -0.25) is 4.79 Å². The molecule has 0 aliphatic heterocycles. The number of hydrogen-bond acceptors (Lipinski definition) is 2. The minimum absolute atomic E-state index is 0.0823. The van der Waals surface area contributed by atoms with Crippen LogP contribution in [0.5, 0.6) is 0 Å². The fourth-order valence-corrected chi connectivity index (χ4v) is 3.15. The molecule has 0 bridgehead atoms. The van der Waals surface area contributed by atoms with Crippen LogP contribution in [0.2, 0.25) is 0 Å². The summed E-state index contributed by atoms with van der Waals surface area (Å²) in [7, 11) is 0. The van der Waals surface area contributed by atoms with Gasteiger partial charge >= 0.3 is 0 Å². The summed E-state index contributed by atoms with van der Waals surface area (Å²) in [5.74, 6) is 0.672. The van der Waals surface area contributed by atoms with Crippen molar-refractivity contribution < 1.29 is 9.21 Å². The van der Waals surface area contributed by atoms with Crippen molar-refractivity contribution in [3.05, 3.63) is 83.3 Å². The molecular weight excluding hydrogens is 286 g/mol. The average Bonchev–Trinajstić information content (AvgIpc) is 3.22. The average molecular weight is 303 g/mol. The van der Waals surface area contributed by atoms with Gasteiger partial charge in [-0.15, -0.1) is 0 Å². The maximum absolute atomic E-state index is 12.5. The van der Waals surface area contributed by atoms with E-state index in [2.05, 4.69) is 29.6 Å². The normalized spacial score (nSPS) is 13.3. The standard InChI is InChI=1S/C20H17NO2/c1-13(19-7-4-10-23-19)21-20(22)16-9-8-15-11-14-5-2-3-6-17(14)18(15)12-16/h2-10,12-13H,11H2,1H3,(H,21,22)/t13-/m1/s1. The maximum atomic E-state index is 12.5. The lowest BCUT2D eigenvalue weighted by molar-refractivity contribution is 0.0935. The molecule has 1 aromatic heterocycles. The van der Waals surface area contributed by atoms with Crippen LogP contribution < -0.4 is 5.32 Å². The molecule has 0 radical (unpaired) electrons. The summed E-state index contributed by atoms with van der Waals surface area (Å²) >= 11 is 0. The Morgan fingerprint density at radius 2 is 1.87 bits per heavy atom. The fourth-order valence-electron chi connectivity index (χ4n) is 3.15. The van der Waals surface area contributed by atoms with E-state index in [1.54, 1.807) is 6.26 Å². The zero-order valence-electron chi connectivity index (χ0n) is 12.9. The van der Waals surface area contributed by atoms with Gasteiger partial charge in [0, 0.05) is 5.56 Å². The van der Waals surface area contributed by atoms with E-state index in [0.717, 1.165) is 12.2 Å². The predicted octanol–water partition coefficient (Wildman–Crippen LogP) is 4.34. The Kier molecular flexibility index (Phi) is 3.27. The molecule has 1 aliphatic carbocycles. The Morgan fingerprint density at radius 3 is 2.70 bits per heavy atom. The number of fused-ring (bicyclic) bond motifs is 3. The van der Waals surface area contributed by atoms with Crippen molar-refractivity contribution >= 4 is 5.91 Å². The van der Waals surface area contributed by atoms with Gasteiger partial charge in [-0.1, -0.05) is 30.3 Å². The summed E-state index contributed by atoms with van der Waals surface area (Å²) in [6, 6.07) is 17.8. The Hall–Kier alpha value is -2.81. The molecule has 1 atom stereocenters. The maximum Gasteiger partial charge on any atom is 0.251 e. The number of benzene rings is 2. The van der Waals surface area contributed by atoms with Gasteiger partial charge in [0.25, 0.3) is 5.91 Å². The van der Waals surface area contributed by atoms with Gasteiger partial charge in [0.2, 0.25) is 0 Å². The summed E-state index contributed by atoms with van der Waals surface area (Å²) in [6.07, 6.45) is 2.56. The van der Waals surface area contributed by atoms with Crippen LogP contribution in [0, 0.1) is 0 Å². The van der Waals surface area contributed by atoms with E-state index in [0.29, 0.717) is 5.56 Å². The third kappa shape index (κ3) is 2.44. The number of nitrogens with one attached hydrogen (secondary N) is 1. The SMILES string of the molecule is C[C@@H](NC(=O)c1ccc2c(c1)-c1ccccc1C2)c1ccco1. The molecule has 1 amide bonds. The first kappa shape index (κ1) is 13.8. The third-order valence-corrected chi connectivity index (χ3v) is 4.38. The summed E-state index contributed by atoms with van der Waals surface area (Å²) in [4.78, 5) is 12.5. The molecule has 114 valence electrons. The Balaban J connectivity index is 1.61. The zero-order valence-corrected chi connectivity index (χ0v) is 12.9. The molecule has 0 spiro atoms. The number of rotatable bonds is 3. The van der Waals surface area contributed by atoms with Gasteiger partial charge in [0.05, 0.1) is 12.3 Å². The van der Waals surface area contributed by atoms with Crippen LogP contribution in [-0.2, 0) is 6.42 Å². The van der Waals surface area contributed by atoms with Gasteiger partial charge in [-0.25, -0.2) is 0 Å². The van der Waals surface area contributed by atoms with Crippen molar-refractivity contribution in [3.8, 4) is 11.1 Å². The van der Waals surface area contributed by atoms with Crippen molar-refractivity contribution in [2.45, 2.75) is 19.4 Å². The molecule has 4 rings (SSSR count). The van der Waals surface area contributed by atoms with Crippen molar-refractivity contribution in [1.29, 1.82) is 0 Å². The molecule has 2 aromatic carbocycles. The summed E-state index contributed by atoms with van der Waals surface area (Å²) in [5.41, 5.74) is 5.68. The van der Waals surface area contributed by atoms with E-state index in [-0.39, 0.29) is 11.9 Å². The smallest absolute Gasteiger partial charge is 0.251 e. The highest BCUT2D eigenvalue weighted by Crippen LogP contribution is 2.36. The van der Waals surface area contributed by atoms with Crippen LogP contribution in [0.25, 0.3) is 11.1 Å². The quantitative estimate of drug-likeness (QED) is 0.611. The molecule has 3 nitrogen and oxygen atoms in total. The lowest BCUT2D eigenvalue weighted by Gasteiger charge is -2.12. The first-order valence-corrected chi connectivity index (χ1v) is 7.78. The van der Waals surface area contributed by atoms with E-state index < -0.39 is 0 Å². The molecule has 1 N–H and O–H groups in total. The van der Waals surface area contributed by atoms with E-state index >= 15 is 0 Å². The van der Waals surface area contributed by atoms with E-state index in [4.69, 9.17) is 4.42 Å². The molecule has 0 saturated carbocycles. The van der Waals surface area contributed by atoms with Crippen molar-refractivity contribution in [2.24, 2.45) is 0 Å². The number of carbonyl (C=O) groups is 1. The lowest BCUT2D eigenvalue weighted by Crippen LogP contribution is -2.26. The van der Waals surface area contributed by atoms with Crippen LogP contribution in [0.1, 0.15) is 40.2 Å². The van der Waals surface area contributed by atoms with E-state index in [9.17, 15) is 4.79 Å². The summed E-state index contributed by atoms with van der Waals surface area (Å²) < 4.78 is 5.34. The minimum Gasteiger partial charge on any atom is -0.467 e. The Bertz CT molecular complexity index is 865. The molecule has 0 unspecified atom stereocenters. The van der Waals surface area contributed by atoms with Gasteiger partial charge in [0.15, 0.2) is 0 Å². The predicted molar refractivity (Wildman–Crippen MR) is 89.3 cm³/mol. The minimum atomic E-state index is -0.155.